The highest BCUT2D eigenvalue weighted by Gasteiger charge is 2.28. The molecule has 1 aliphatic rings. The molecule has 0 saturated carbocycles. The average Bonchev–Trinajstić information content (AvgIpc) is 2.91. The third-order valence-corrected chi connectivity index (χ3v) is 4.25. The van der Waals surface area contributed by atoms with Gasteiger partial charge in [-0.2, -0.15) is 0 Å². The van der Waals surface area contributed by atoms with Crippen molar-refractivity contribution in [1.82, 2.24) is 4.90 Å². The first-order chi connectivity index (χ1) is 9.08. The van der Waals surface area contributed by atoms with Gasteiger partial charge in [0.25, 0.3) is 0 Å². The summed E-state index contributed by atoms with van der Waals surface area (Å²) in [5.74, 6) is 0.492. The molecule has 0 radical (unpaired) electrons. The fraction of sp³-hybridized carbons (Fsp3) is 0.643. The predicted molar refractivity (Wildman–Crippen MR) is 77.0 cm³/mol. The summed E-state index contributed by atoms with van der Waals surface area (Å²) in [5.41, 5.74) is 5.98. The number of hydrogen-bond donors (Lipinski definition) is 1. The van der Waals surface area contributed by atoms with Crippen LogP contribution in [0.1, 0.15) is 31.2 Å². The Hall–Kier alpha value is -0.910. The number of carbonyl (C=O) groups excluding carboxylic acids is 1. The Bertz CT molecular complexity index is 406. The number of rotatable bonds is 4. The number of hydrogen-bond acceptors (Lipinski definition) is 4. The van der Waals surface area contributed by atoms with Gasteiger partial charge in [-0.05, 0) is 23.8 Å². The van der Waals surface area contributed by atoms with Crippen molar-refractivity contribution in [3.63, 3.8) is 0 Å². The van der Waals surface area contributed by atoms with Gasteiger partial charge in [0.15, 0.2) is 0 Å². The van der Waals surface area contributed by atoms with Crippen molar-refractivity contribution < 1.29 is 9.53 Å². The van der Waals surface area contributed by atoms with Gasteiger partial charge in [0.05, 0.1) is 19.2 Å². The highest BCUT2D eigenvalue weighted by atomic mass is 32.1. The Morgan fingerprint density at radius 1 is 1.63 bits per heavy atom. The largest absolute Gasteiger partial charge is 0.369 e. The Labute approximate surface area is 118 Å². The summed E-state index contributed by atoms with van der Waals surface area (Å²) in [4.78, 5) is 15.3. The van der Waals surface area contributed by atoms with Crippen LogP contribution in [0, 0.1) is 5.92 Å². The normalized spacial score (nSPS) is 21.7. The van der Waals surface area contributed by atoms with E-state index in [0.29, 0.717) is 25.6 Å². The molecule has 0 spiro atoms. The van der Waals surface area contributed by atoms with Gasteiger partial charge < -0.3 is 15.4 Å². The van der Waals surface area contributed by atoms with Crippen LogP contribution < -0.4 is 5.73 Å². The van der Waals surface area contributed by atoms with Gasteiger partial charge in [-0.15, -0.1) is 11.3 Å². The van der Waals surface area contributed by atoms with E-state index < -0.39 is 0 Å². The van der Waals surface area contributed by atoms with Gasteiger partial charge in [0.2, 0.25) is 5.91 Å². The van der Waals surface area contributed by atoms with Crippen molar-refractivity contribution in [2.24, 2.45) is 11.7 Å². The molecule has 1 fully saturated rings. The summed E-state index contributed by atoms with van der Waals surface area (Å²) in [6.07, 6.45) is 0.740. The van der Waals surface area contributed by atoms with Crippen molar-refractivity contribution in [1.29, 1.82) is 0 Å². The third kappa shape index (κ3) is 3.78. The lowest BCUT2D eigenvalue weighted by molar-refractivity contribution is -0.140. The van der Waals surface area contributed by atoms with E-state index in [-0.39, 0.29) is 18.1 Å². The van der Waals surface area contributed by atoms with Crippen LogP contribution in [0.25, 0.3) is 0 Å². The molecule has 0 bridgehead atoms. The van der Waals surface area contributed by atoms with Crippen molar-refractivity contribution in [3.05, 3.63) is 22.4 Å². The first kappa shape index (κ1) is 14.5. The number of thiophene rings is 1. The molecule has 1 aromatic rings. The minimum Gasteiger partial charge on any atom is -0.369 e. The van der Waals surface area contributed by atoms with E-state index in [1.54, 1.807) is 11.3 Å². The number of morpholine rings is 1. The molecule has 1 aliphatic heterocycles. The molecule has 1 aromatic heterocycles. The summed E-state index contributed by atoms with van der Waals surface area (Å²) in [6, 6.07) is 3.67. The zero-order chi connectivity index (χ0) is 13.8. The molecule has 2 atom stereocenters. The monoisotopic (exact) mass is 282 g/mol. The second kappa shape index (κ2) is 6.50. The molecule has 5 heteroatoms. The lowest BCUT2D eigenvalue weighted by Crippen LogP contribution is -2.49. The van der Waals surface area contributed by atoms with Crippen molar-refractivity contribution >= 4 is 17.2 Å². The molecule has 106 valence electrons. The van der Waals surface area contributed by atoms with E-state index in [2.05, 4.69) is 19.9 Å². The second-order valence-electron chi connectivity index (χ2n) is 5.40. The number of ether oxygens (including phenoxy) is 1. The van der Waals surface area contributed by atoms with Gasteiger partial charge in [-0.3, -0.25) is 4.79 Å². The SMILES string of the molecule is CC(C)C[C@H](N)C(=O)N1CCO[C@@H](c2cccs2)C1. The Kier molecular flexibility index (Phi) is 4.96. The third-order valence-electron chi connectivity index (χ3n) is 3.28. The van der Waals surface area contributed by atoms with Crippen LogP contribution in [-0.4, -0.2) is 36.5 Å². The molecule has 2 heterocycles. The summed E-state index contributed by atoms with van der Waals surface area (Å²) in [7, 11) is 0. The zero-order valence-corrected chi connectivity index (χ0v) is 12.4. The van der Waals surface area contributed by atoms with Crippen LogP contribution >= 0.6 is 11.3 Å². The standard InChI is InChI=1S/C14H22N2O2S/c1-10(2)8-11(15)14(17)16-5-6-18-12(9-16)13-4-3-7-19-13/h3-4,7,10-12H,5-6,8-9,15H2,1-2H3/t11-,12+/m0/s1. The molecular formula is C14H22N2O2S. The number of carbonyl (C=O) groups is 1. The molecule has 1 amide bonds. The van der Waals surface area contributed by atoms with Crippen LogP contribution in [0.5, 0.6) is 0 Å². The van der Waals surface area contributed by atoms with Crippen molar-refractivity contribution in [3.8, 4) is 0 Å². The molecule has 0 unspecified atom stereocenters. The maximum absolute atomic E-state index is 12.3. The smallest absolute Gasteiger partial charge is 0.239 e. The molecule has 0 aromatic carbocycles. The second-order valence-corrected chi connectivity index (χ2v) is 6.37. The molecular weight excluding hydrogens is 260 g/mol. The molecule has 19 heavy (non-hydrogen) atoms. The maximum Gasteiger partial charge on any atom is 0.239 e. The molecule has 1 saturated heterocycles. The topological polar surface area (TPSA) is 55.6 Å². The van der Waals surface area contributed by atoms with Gasteiger partial charge in [-0.1, -0.05) is 19.9 Å². The van der Waals surface area contributed by atoms with E-state index in [1.165, 1.54) is 4.88 Å². The fourth-order valence-electron chi connectivity index (χ4n) is 2.34. The molecule has 4 nitrogen and oxygen atoms in total. The van der Waals surface area contributed by atoms with Crippen LogP contribution in [-0.2, 0) is 9.53 Å². The van der Waals surface area contributed by atoms with Gasteiger partial charge in [0, 0.05) is 11.4 Å². The predicted octanol–water partition coefficient (Wildman–Crippen LogP) is 2.02. The van der Waals surface area contributed by atoms with Crippen LogP contribution in [0.4, 0.5) is 0 Å². The molecule has 0 aliphatic carbocycles. The van der Waals surface area contributed by atoms with E-state index in [0.717, 1.165) is 6.42 Å². The van der Waals surface area contributed by atoms with Crippen LogP contribution in [0.2, 0.25) is 0 Å². The Morgan fingerprint density at radius 3 is 3.05 bits per heavy atom. The molecule has 2 N–H and O–H groups in total. The average molecular weight is 282 g/mol. The van der Waals surface area contributed by atoms with Gasteiger partial charge >= 0.3 is 0 Å². The number of nitrogens with zero attached hydrogens (tertiary/aromatic N) is 1. The Balaban J connectivity index is 1.95. The fourth-order valence-corrected chi connectivity index (χ4v) is 3.11. The quantitative estimate of drug-likeness (QED) is 0.919. The van der Waals surface area contributed by atoms with E-state index in [1.807, 2.05) is 16.3 Å². The molecule has 2 rings (SSSR count). The Morgan fingerprint density at radius 2 is 2.42 bits per heavy atom. The number of amides is 1. The zero-order valence-electron chi connectivity index (χ0n) is 11.5. The highest BCUT2D eigenvalue weighted by Crippen LogP contribution is 2.26. The van der Waals surface area contributed by atoms with Gasteiger partial charge in [-0.25, -0.2) is 0 Å². The lowest BCUT2D eigenvalue weighted by atomic mass is 10.0. The van der Waals surface area contributed by atoms with Crippen LogP contribution in [0.15, 0.2) is 17.5 Å². The van der Waals surface area contributed by atoms with Gasteiger partial charge in [0.1, 0.15) is 6.10 Å². The summed E-state index contributed by atoms with van der Waals surface area (Å²) < 4.78 is 5.74. The van der Waals surface area contributed by atoms with Crippen LogP contribution in [0.3, 0.4) is 0 Å². The minimum absolute atomic E-state index is 0.00366. The van der Waals surface area contributed by atoms with E-state index in [9.17, 15) is 4.79 Å². The summed E-state index contributed by atoms with van der Waals surface area (Å²) in [5, 5.41) is 2.03. The first-order valence-electron chi connectivity index (χ1n) is 6.77. The lowest BCUT2D eigenvalue weighted by Gasteiger charge is -2.34. The van der Waals surface area contributed by atoms with E-state index >= 15 is 0 Å². The minimum atomic E-state index is -0.387. The summed E-state index contributed by atoms with van der Waals surface area (Å²) in [6.45, 7) is 6.02. The van der Waals surface area contributed by atoms with Crippen molar-refractivity contribution in [2.75, 3.05) is 19.7 Å². The maximum atomic E-state index is 12.3. The number of nitrogens with two attached hydrogens (primary N) is 1. The first-order valence-corrected chi connectivity index (χ1v) is 7.65. The van der Waals surface area contributed by atoms with E-state index in [4.69, 9.17) is 10.5 Å². The van der Waals surface area contributed by atoms with Crippen molar-refractivity contribution in [2.45, 2.75) is 32.4 Å². The summed E-state index contributed by atoms with van der Waals surface area (Å²) >= 11 is 1.67. The highest BCUT2D eigenvalue weighted by molar-refractivity contribution is 7.10.